The number of rotatable bonds is 8. The highest BCUT2D eigenvalue weighted by molar-refractivity contribution is 7.90. The van der Waals surface area contributed by atoms with Gasteiger partial charge in [0.1, 0.15) is 15.6 Å². The topological polar surface area (TPSA) is 75.7 Å². The normalized spacial score (nSPS) is 17.8. The molecule has 0 spiro atoms. The third-order valence-corrected chi connectivity index (χ3v) is 5.51. The number of amides is 2. The molecule has 1 N–H and O–H groups in total. The number of likely N-dealkylation sites (tertiary alicyclic amines) is 1. The summed E-state index contributed by atoms with van der Waals surface area (Å²) in [5.74, 6) is 1.06. The van der Waals surface area contributed by atoms with E-state index in [0.717, 1.165) is 37.0 Å². The maximum atomic E-state index is 12.3. The van der Waals surface area contributed by atoms with E-state index in [0.29, 0.717) is 26.2 Å². The molecule has 1 saturated heterocycles. The molecular formula is C19H30N2O4S. The second-order valence-electron chi connectivity index (χ2n) is 7.02. The summed E-state index contributed by atoms with van der Waals surface area (Å²) in [5, 5.41) is 2.94. The Hall–Kier alpha value is -1.76. The predicted molar refractivity (Wildman–Crippen MR) is 103 cm³/mol. The Kier molecular flexibility index (Phi) is 7.75. The zero-order valence-electron chi connectivity index (χ0n) is 15.7. The molecule has 0 bridgehead atoms. The van der Waals surface area contributed by atoms with E-state index in [1.165, 1.54) is 6.26 Å². The molecule has 1 aliphatic heterocycles. The molecule has 1 aromatic rings. The molecule has 2 amide bonds. The van der Waals surface area contributed by atoms with Gasteiger partial charge in [0.05, 0.1) is 12.4 Å². The summed E-state index contributed by atoms with van der Waals surface area (Å²) in [4.78, 5) is 14.1. The third-order valence-electron chi connectivity index (χ3n) is 4.43. The van der Waals surface area contributed by atoms with Gasteiger partial charge < -0.3 is 15.0 Å². The van der Waals surface area contributed by atoms with E-state index in [4.69, 9.17) is 4.74 Å². The van der Waals surface area contributed by atoms with E-state index in [9.17, 15) is 13.2 Å². The van der Waals surface area contributed by atoms with Crippen LogP contribution in [0.5, 0.6) is 5.75 Å². The van der Waals surface area contributed by atoms with E-state index in [1.54, 1.807) is 4.90 Å². The van der Waals surface area contributed by atoms with Crippen molar-refractivity contribution < 1.29 is 17.9 Å². The summed E-state index contributed by atoms with van der Waals surface area (Å²) in [7, 11) is -3.00. The van der Waals surface area contributed by atoms with Gasteiger partial charge in [0, 0.05) is 25.9 Å². The predicted octanol–water partition coefficient (Wildman–Crippen LogP) is 2.48. The quantitative estimate of drug-likeness (QED) is 0.749. The average molecular weight is 383 g/mol. The largest absolute Gasteiger partial charge is 0.494 e. The molecule has 26 heavy (non-hydrogen) atoms. The second-order valence-corrected chi connectivity index (χ2v) is 9.21. The highest BCUT2D eigenvalue weighted by Gasteiger charge is 2.25. The van der Waals surface area contributed by atoms with Gasteiger partial charge in [-0.1, -0.05) is 19.1 Å². The zero-order chi connectivity index (χ0) is 19.0. The second kappa shape index (κ2) is 9.80. The van der Waals surface area contributed by atoms with Crippen LogP contribution in [-0.4, -0.2) is 57.6 Å². The Balaban J connectivity index is 1.74. The molecule has 1 atom stereocenters. The van der Waals surface area contributed by atoms with Crippen molar-refractivity contribution in [3.8, 4) is 5.75 Å². The smallest absolute Gasteiger partial charge is 0.317 e. The number of nitrogens with zero attached hydrogens (tertiary/aromatic N) is 1. The Morgan fingerprint density at radius 1 is 1.31 bits per heavy atom. The van der Waals surface area contributed by atoms with Gasteiger partial charge in [0.2, 0.25) is 0 Å². The van der Waals surface area contributed by atoms with Gasteiger partial charge in [-0.3, -0.25) is 0 Å². The molecule has 0 aliphatic carbocycles. The van der Waals surface area contributed by atoms with Crippen LogP contribution >= 0.6 is 0 Å². The number of carbonyl (C=O) groups excluding carboxylic acids is 1. The van der Waals surface area contributed by atoms with Gasteiger partial charge in [-0.15, -0.1) is 0 Å². The Bertz CT molecular complexity index is 673. The average Bonchev–Trinajstić information content (AvgIpc) is 2.59. The summed E-state index contributed by atoms with van der Waals surface area (Å²) < 4.78 is 28.5. The molecule has 1 heterocycles. The fraction of sp³-hybridized carbons (Fsp3) is 0.632. The molecule has 0 unspecified atom stereocenters. The van der Waals surface area contributed by atoms with Crippen LogP contribution in [0.15, 0.2) is 24.3 Å². The van der Waals surface area contributed by atoms with Crippen molar-refractivity contribution in [2.45, 2.75) is 32.6 Å². The van der Waals surface area contributed by atoms with Gasteiger partial charge >= 0.3 is 6.03 Å². The van der Waals surface area contributed by atoms with E-state index >= 15 is 0 Å². The number of urea groups is 1. The van der Waals surface area contributed by atoms with Gasteiger partial charge in [0.15, 0.2) is 0 Å². The molecule has 0 saturated carbocycles. The van der Waals surface area contributed by atoms with E-state index < -0.39 is 9.84 Å². The summed E-state index contributed by atoms with van der Waals surface area (Å²) in [6.45, 7) is 4.55. The van der Waals surface area contributed by atoms with Gasteiger partial charge in [-0.05, 0) is 49.3 Å². The number of benzene rings is 1. The zero-order valence-corrected chi connectivity index (χ0v) is 16.6. The first-order chi connectivity index (χ1) is 12.4. The minimum atomic E-state index is -3.00. The fourth-order valence-corrected chi connectivity index (χ4v) is 4.34. The molecular weight excluding hydrogens is 352 g/mol. The standard InChI is InChI=1S/C19H30N2O4S/c1-3-13-25-18-8-6-16(7-9-18)10-11-20-19(22)21-12-4-5-17(14-21)15-26(2,23)24/h6-9,17H,3-5,10-15H2,1-2H3,(H,20,22)/t17-/m1/s1. The SMILES string of the molecule is CCCOc1ccc(CCNC(=O)N2CCC[C@@H](CS(C)(=O)=O)C2)cc1. The summed E-state index contributed by atoms with van der Waals surface area (Å²) in [6.07, 6.45) is 4.70. The fourth-order valence-electron chi connectivity index (χ4n) is 3.21. The Labute approximate surface area is 156 Å². The lowest BCUT2D eigenvalue weighted by atomic mass is 10.0. The van der Waals surface area contributed by atoms with Crippen molar-refractivity contribution in [1.29, 1.82) is 0 Å². The van der Waals surface area contributed by atoms with Crippen LogP contribution < -0.4 is 10.1 Å². The highest BCUT2D eigenvalue weighted by Crippen LogP contribution is 2.18. The molecule has 0 aromatic heterocycles. The molecule has 146 valence electrons. The van der Waals surface area contributed by atoms with E-state index in [2.05, 4.69) is 12.2 Å². The van der Waals surface area contributed by atoms with Crippen molar-refractivity contribution in [1.82, 2.24) is 10.2 Å². The molecule has 6 nitrogen and oxygen atoms in total. The van der Waals surface area contributed by atoms with Crippen LogP contribution in [0.3, 0.4) is 0 Å². The minimum Gasteiger partial charge on any atom is -0.494 e. The van der Waals surface area contributed by atoms with Crippen molar-refractivity contribution in [3.63, 3.8) is 0 Å². The third kappa shape index (κ3) is 7.23. The number of piperidine rings is 1. The number of ether oxygens (including phenoxy) is 1. The first-order valence-electron chi connectivity index (χ1n) is 9.29. The Morgan fingerprint density at radius 3 is 2.69 bits per heavy atom. The first-order valence-corrected chi connectivity index (χ1v) is 11.4. The molecule has 2 rings (SSSR count). The molecule has 1 aromatic carbocycles. The number of hydrogen-bond donors (Lipinski definition) is 1. The molecule has 1 aliphatic rings. The van der Waals surface area contributed by atoms with Crippen LogP contribution in [-0.2, 0) is 16.3 Å². The monoisotopic (exact) mass is 382 g/mol. The maximum absolute atomic E-state index is 12.3. The van der Waals surface area contributed by atoms with Gasteiger partial charge in [-0.2, -0.15) is 0 Å². The lowest BCUT2D eigenvalue weighted by Gasteiger charge is -2.32. The summed E-state index contributed by atoms with van der Waals surface area (Å²) in [5.41, 5.74) is 1.14. The van der Waals surface area contributed by atoms with Crippen LogP contribution in [0, 0.1) is 5.92 Å². The lowest BCUT2D eigenvalue weighted by molar-refractivity contribution is 0.170. The molecule has 0 radical (unpaired) electrons. The summed E-state index contributed by atoms with van der Waals surface area (Å²) >= 11 is 0. The number of carbonyl (C=O) groups is 1. The molecule has 1 fully saturated rings. The van der Waals surface area contributed by atoms with E-state index in [-0.39, 0.29) is 17.7 Å². The van der Waals surface area contributed by atoms with Crippen LogP contribution in [0.1, 0.15) is 31.7 Å². The van der Waals surface area contributed by atoms with Crippen molar-refractivity contribution in [2.24, 2.45) is 5.92 Å². The van der Waals surface area contributed by atoms with Crippen LogP contribution in [0.25, 0.3) is 0 Å². The van der Waals surface area contributed by atoms with E-state index in [1.807, 2.05) is 24.3 Å². The van der Waals surface area contributed by atoms with Crippen molar-refractivity contribution >= 4 is 15.9 Å². The number of nitrogens with one attached hydrogen (secondary N) is 1. The van der Waals surface area contributed by atoms with Crippen LogP contribution in [0.4, 0.5) is 4.79 Å². The van der Waals surface area contributed by atoms with Crippen molar-refractivity contribution in [3.05, 3.63) is 29.8 Å². The number of hydrogen-bond acceptors (Lipinski definition) is 4. The maximum Gasteiger partial charge on any atom is 0.317 e. The Morgan fingerprint density at radius 2 is 2.04 bits per heavy atom. The van der Waals surface area contributed by atoms with Crippen LogP contribution in [0.2, 0.25) is 0 Å². The van der Waals surface area contributed by atoms with Crippen molar-refractivity contribution in [2.75, 3.05) is 38.2 Å². The van der Waals surface area contributed by atoms with Gasteiger partial charge in [-0.25, -0.2) is 13.2 Å². The first kappa shape index (κ1) is 20.6. The highest BCUT2D eigenvalue weighted by atomic mass is 32.2. The minimum absolute atomic E-state index is 0.0418. The lowest BCUT2D eigenvalue weighted by Crippen LogP contribution is -2.47. The van der Waals surface area contributed by atoms with Gasteiger partial charge in [0.25, 0.3) is 0 Å². The summed E-state index contributed by atoms with van der Waals surface area (Å²) in [6, 6.07) is 7.83. The number of sulfone groups is 1. The molecule has 7 heteroatoms.